The number of hydrogen-bond acceptors (Lipinski definition) is 4. The van der Waals surface area contributed by atoms with Gasteiger partial charge >= 0.3 is 0 Å². The van der Waals surface area contributed by atoms with E-state index in [0.29, 0.717) is 11.6 Å². The molecule has 1 aliphatic heterocycles. The highest BCUT2D eigenvalue weighted by atomic mass is 32.2. The monoisotopic (exact) mass is 159 g/mol. The van der Waals surface area contributed by atoms with Crippen molar-refractivity contribution in [2.75, 3.05) is 5.75 Å². The summed E-state index contributed by atoms with van der Waals surface area (Å²) in [7, 11) is 0. The number of rotatable bonds is 2. The van der Waals surface area contributed by atoms with Gasteiger partial charge in [-0.05, 0) is 0 Å². The Morgan fingerprint density at radius 3 is 3.00 bits per heavy atom. The molecule has 0 fully saturated rings. The van der Waals surface area contributed by atoms with Gasteiger partial charge in [-0.3, -0.25) is 9.79 Å². The van der Waals surface area contributed by atoms with Gasteiger partial charge in [0, 0.05) is 12.2 Å². The molecule has 0 aliphatic carbocycles. The summed E-state index contributed by atoms with van der Waals surface area (Å²) >= 11 is 1.47. The number of amides is 1. The van der Waals surface area contributed by atoms with E-state index < -0.39 is 0 Å². The molecule has 1 heterocycles. The number of hydrogen-bond donors (Lipinski definition) is 2. The van der Waals surface area contributed by atoms with Crippen LogP contribution in [-0.4, -0.2) is 22.9 Å². The van der Waals surface area contributed by atoms with Crippen LogP contribution in [-0.2, 0) is 4.79 Å². The molecule has 0 aromatic rings. The van der Waals surface area contributed by atoms with Crippen LogP contribution in [0.4, 0.5) is 0 Å². The predicted molar refractivity (Wildman–Crippen MR) is 41.7 cm³/mol. The topological polar surface area (TPSA) is 81.5 Å². The Morgan fingerprint density at radius 2 is 2.60 bits per heavy atom. The summed E-state index contributed by atoms with van der Waals surface area (Å²) in [6.07, 6.45) is 0.313. The quantitative estimate of drug-likeness (QED) is 0.558. The standard InChI is InChI=1S/C5H9N3OS/c6-4(9)1-3-2-10-5(7)8-3/h3H,1-2H2,(H2,6,9)(H2,7,8). The van der Waals surface area contributed by atoms with Gasteiger partial charge < -0.3 is 11.5 Å². The minimum atomic E-state index is -0.316. The molecule has 10 heavy (non-hydrogen) atoms. The van der Waals surface area contributed by atoms with Gasteiger partial charge in [0.1, 0.15) is 0 Å². The molecule has 5 heteroatoms. The largest absolute Gasteiger partial charge is 0.379 e. The average molecular weight is 159 g/mol. The molecule has 0 bridgehead atoms. The molecule has 1 rings (SSSR count). The summed E-state index contributed by atoms with van der Waals surface area (Å²) in [5, 5.41) is 0.561. The van der Waals surface area contributed by atoms with Crippen molar-refractivity contribution in [1.82, 2.24) is 0 Å². The molecule has 0 spiro atoms. The molecule has 56 valence electrons. The van der Waals surface area contributed by atoms with Crippen LogP contribution in [0.3, 0.4) is 0 Å². The fourth-order valence-corrected chi connectivity index (χ4v) is 1.55. The second-order valence-corrected chi connectivity index (χ2v) is 3.14. The van der Waals surface area contributed by atoms with Crippen molar-refractivity contribution < 1.29 is 4.79 Å². The van der Waals surface area contributed by atoms with Gasteiger partial charge in [0.15, 0.2) is 5.17 Å². The van der Waals surface area contributed by atoms with Crippen LogP contribution in [0.1, 0.15) is 6.42 Å². The first-order valence-electron chi connectivity index (χ1n) is 2.93. The first kappa shape index (κ1) is 7.40. The van der Waals surface area contributed by atoms with Crippen molar-refractivity contribution in [2.24, 2.45) is 16.5 Å². The van der Waals surface area contributed by atoms with E-state index in [2.05, 4.69) is 4.99 Å². The summed E-state index contributed by atoms with van der Waals surface area (Å²) in [5.74, 6) is 0.471. The number of nitrogens with two attached hydrogens (primary N) is 2. The van der Waals surface area contributed by atoms with Gasteiger partial charge in [0.25, 0.3) is 0 Å². The normalized spacial score (nSPS) is 24.4. The van der Waals surface area contributed by atoms with Crippen molar-refractivity contribution in [3.05, 3.63) is 0 Å². The smallest absolute Gasteiger partial charge is 0.219 e. The van der Waals surface area contributed by atoms with Crippen molar-refractivity contribution >= 4 is 22.8 Å². The van der Waals surface area contributed by atoms with Gasteiger partial charge in [-0.15, -0.1) is 0 Å². The van der Waals surface area contributed by atoms with Crippen LogP contribution in [0.5, 0.6) is 0 Å². The van der Waals surface area contributed by atoms with E-state index in [1.165, 1.54) is 11.8 Å². The fraction of sp³-hybridized carbons (Fsp3) is 0.600. The van der Waals surface area contributed by atoms with E-state index >= 15 is 0 Å². The summed E-state index contributed by atoms with van der Waals surface area (Å²) in [6.45, 7) is 0. The molecular weight excluding hydrogens is 150 g/mol. The Balaban J connectivity index is 2.38. The Labute approximate surface area is 63.1 Å². The molecule has 4 N–H and O–H groups in total. The van der Waals surface area contributed by atoms with E-state index in [0.717, 1.165) is 5.75 Å². The number of nitrogens with zero attached hydrogens (tertiary/aromatic N) is 1. The highest BCUT2D eigenvalue weighted by Gasteiger charge is 2.17. The molecule has 0 aromatic heterocycles. The molecule has 0 aromatic carbocycles. The highest BCUT2D eigenvalue weighted by Crippen LogP contribution is 2.16. The number of carbonyl (C=O) groups excluding carboxylic acids is 1. The maximum atomic E-state index is 10.4. The minimum absolute atomic E-state index is 0.0162. The molecule has 1 amide bonds. The molecule has 0 radical (unpaired) electrons. The first-order chi connectivity index (χ1) is 4.68. The Morgan fingerprint density at radius 1 is 1.90 bits per heavy atom. The van der Waals surface area contributed by atoms with Gasteiger partial charge in [-0.25, -0.2) is 0 Å². The zero-order chi connectivity index (χ0) is 7.56. The molecule has 1 aliphatic rings. The van der Waals surface area contributed by atoms with Gasteiger partial charge in [0.2, 0.25) is 5.91 Å². The van der Waals surface area contributed by atoms with Crippen LogP contribution in [0.15, 0.2) is 4.99 Å². The van der Waals surface area contributed by atoms with Crippen molar-refractivity contribution in [1.29, 1.82) is 0 Å². The lowest BCUT2D eigenvalue weighted by Gasteiger charge is -1.98. The SMILES string of the molecule is NC(=O)CC1CSC(N)=N1. The summed E-state index contributed by atoms with van der Waals surface area (Å²) < 4.78 is 0. The average Bonchev–Trinajstić information content (AvgIpc) is 2.13. The molecular formula is C5H9N3OS. The third kappa shape index (κ3) is 1.91. The Kier molecular flexibility index (Phi) is 2.16. The van der Waals surface area contributed by atoms with E-state index in [9.17, 15) is 4.79 Å². The van der Waals surface area contributed by atoms with Crippen molar-refractivity contribution in [3.8, 4) is 0 Å². The van der Waals surface area contributed by atoms with Gasteiger partial charge in [0.05, 0.1) is 6.04 Å². The maximum Gasteiger partial charge on any atom is 0.219 e. The van der Waals surface area contributed by atoms with Crippen molar-refractivity contribution in [2.45, 2.75) is 12.5 Å². The zero-order valence-electron chi connectivity index (χ0n) is 5.41. The Bertz CT molecular complexity index is 180. The number of amidine groups is 1. The highest BCUT2D eigenvalue weighted by molar-refractivity contribution is 8.14. The molecule has 1 atom stereocenters. The summed E-state index contributed by atoms with van der Waals surface area (Å²) in [6, 6.07) is 0.0162. The van der Waals surface area contributed by atoms with Gasteiger partial charge in [-0.1, -0.05) is 11.8 Å². The van der Waals surface area contributed by atoms with E-state index in [1.807, 2.05) is 0 Å². The molecule has 0 saturated carbocycles. The summed E-state index contributed by atoms with van der Waals surface area (Å²) in [4.78, 5) is 14.4. The van der Waals surface area contributed by atoms with E-state index in [4.69, 9.17) is 11.5 Å². The third-order valence-electron chi connectivity index (χ3n) is 1.17. The number of carbonyl (C=O) groups is 1. The fourth-order valence-electron chi connectivity index (χ4n) is 0.773. The lowest BCUT2D eigenvalue weighted by atomic mass is 10.2. The first-order valence-corrected chi connectivity index (χ1v) is 3.91. The van der Waals surface area contributed by atoms with E-state index in [1.54, 1.807) is 0 Å². The lowest BCUT2D eigenvalue weighted by Crippen LogP contribution is -2.18. The third-order valence-corrected chi connectivity index (χ3v) is 2.12. The minimum Gasteiger partial charge on any atom is -0.379 e. The second-order valence-electron chi connectivity index (χ2n) is 2.10. The molecule has 4 nitrogen and oxygen atoms in total. The predicted octanol–water partition coefficient (Wildman–Crippen LogP) is -0.708. The van der Waals surface area contributed by atoms with Crippen LogP contribution in [0.25, 0.3) is 0 Å². The number of thioether (sulfide) groups is 1. The van der Waals surface area contributed by atoms with Crippen LogP contribution in [0.2, 0.25) is 0 Å². The van der Waals surface area contributed by atoms with Crippen LogP contribution >= 0.6 is 11.8 Å². The molecule has 0 saturated heterocycles. The van der Waals surface area contributed by atoms with E-state index in [-0.39, 0.29) is 11.9 Å². The number of primary amides is 1. The van der Waals surface area contributed by atoms with Crippen LogP contribution < -0.4 is 11.5 Å². The Hall–Kier alpha value is -0.710. The van der Waals surface area contributed by atoms with Crippen molar-refractivity contribution in [3.63, 3.8) is 0 Å². The lowest BCUT2D eigenvalue weighted by molar-refractivity contribution is -0.118. The zero-order valence-corrected chi connectivity index (χ0v) is 6.23. The molecule has 1 unspecified atom stereocenters. The van der Waals surface area contributed by atoms with Gasteiger partial charge in [-0.2, -0.15) is 0 Å². The number of aliphatic imine (C=N–C) groups is 1. The van der Waals surface area contributed by atoms with Crippen LogP contribution in [0, 0.1) is 0 Å². The maximum absolute atomic E-state index is 10.4. The summed E-state index contributed by atoms with van der Waals surface area (Å²) in [5.41, 5.74) is 10.3. The second kappa shape index (κ2) is 2.92.